The summed E-state index contributed by atoms with van der Waals surface area (Å²) in [6.45, 7) is 3.75. The van der Waals surface area contributed by atoms with Crippen molar-refractivity contribution in [1.82, 2.24) is 5.32 Å². The molecule has 0 bridgehead atoms. The van der Waals surface area contributed by atoms with E-state index in [4.69, 9.17) is 9.73 Å². The van der Waals surface area contributed by atoms with E-state index in [9.17, 15) is 22.8 Å². The van der Waals surface area contributed by atoms with Gasteiger partial charge in [-0.25, -0.2) is 13.2 Å². The number of carbonyl (C=O) groups excluding carboxylic acids is 3. The second-order valence-corrected chi connectivity index (χ2v) is 11.0. The number of nitrogens with zero attached hydrogens (tertiary/aromatic N) is 2. The maximum atomic E-state index is 13.2. The number of amides is 2. The van der Waals surface area contributed by atoms with Gasteiger partial charge in [0.05, 0.1) is 35.5 Å². The van der Waals surface area contributed by atoms with Crippen molar-refractivity contribution in [2.24, 2.45) is 4.99 Å². The maximum Gasteiger partial charge on any atom is 0.338 e. The molecular weight excluding hydrogens is 532 g/mol. The molecule has 0 radical (unpaired) electrons. The van der Waals surface area contributed by atoms with Crippen LogP contribution in [0.1, 0.15) is 41.3 Å². The van der Waals surface area contributed by atoms with Crippen LogP contribution >= 0.6 is 0 Å². The van der Waals surface area contributed by atoms with Gasteiger partial charge >= 0.3 is 5.97 Å². The molecule has 0 saturated heterocycles. The van der Waals surface area contributed by atoms with Crippen molar-refractivity contribution in [3.05, 3.63) is 89.5 Å². The molecule has 0 aliphatic carbocycles. The van der Waals surface area contributed by atoms with Gasteiger partial charge in [0.1, 0.15) is 12.5 Å². The fraction of sp³-hybridized carbons (Fsp3) is 0.241. The lowest BCUT2D eigenvalue weighted by atomic mass is 9.90. The van der Waals surface area contributed by atoms with Crippen molar-refractivity contribution in [3.63, 3.8) is 0 Å². The Morgan fingerprint density at radius 2 is 1.70 bits per heavy atom. The Morgan fingerprint density at radius 3 is 2.33 bits per heavy atom. The van der Waals surface area contributed by atoms with Crippen molar-refractivity contribution >= 4 is 50.6 Å². The van der Waals surface area contributed by atoms with E-state index < -0.39 is 27.8 Å². The van der Waals surface area contributed by atoms with Gasteiger partial charge < -0.3 is 15.4 Å². The molecule has 0 spiro atoms. The Labute approximate surface area is 233 Å². The molecule has 0 aromatic heterocycles. The van der Waals surface area contributed by atoms with E-state index in [1.54, 1.807) is 56.3 Å². The van der Waals surface area contributed by atoms with Gasteiger partial charge in [-0.15, -0.1) is 0 Å². The number of likely N-dealkylation sites (N-methyl/N-ethyl adjacent to an activating group) is 1. The molecular formula is C29H30N4O6S. The van der Waals surface area contributed by atoms with Crippen LogP contribution in [-0.4, -0.2) is 57.9 Å². The lowest BCUT2D eigenvalue weighted by Crippen LogP contribution is -2.40. The number of rotatable bonds is 10. The molecule has 3 aromatic rings. The van der Waals surface area contributed by atoms with Gasteiger partial charge in [0.2, 0.25) is 21.8 Å². The Hall–Kier alpha value is -4.51. The number of ether oxygens (including phenoxy) is 1. The average molecular weight is 563 g/mol. The van der Waals surface area contributed by atoms with E-state index in [0.717, 1.165) is 16.1 Å². The van der Waals surface area contributed by atoms with Crippen LogP contribution in [0.2, 0.25) is 0 Å². The van der Waals surface area contributed by atoms with Gasteiger partial charge in [0.25, 0.3) is 0 Å². The topological polar surface area (TPSA) is 134 Å². The first-order chi connectivity index (χ1) is 19.1. The molecule has 1 unspecified atom stereocenters. The zero-order valence-electron chi connectivity index (χ0n) is 22.4. The Kier molecular flexibility index (Phi) is 8.64. The van der Waals surface area contributed by atoms with Gasteiger partial charge in [-0.1, -0.05) is 36.4 Å². The summed E-state index contributed by atoms with van der Waals surface area (Å²) in [4.78, 5) is 42.4. The highest BCUT2D eigenvalue weighted by molar-refractivity contribution is 7.92. The molecule has 11 heteroatoms. The lowest BCUT2D eigenvalue weighted by molar-refractivity contribution is -0.119. The zero-order chi connectivity index (χ0) is 28.9. The Morgan fingerprint density at radius 1 is 1.00 bits per heavy atom. The zero-order valence-corrected chi connectivity index (χ0v) is 23.2. The number of hydrogen-bond donors (Lipinski definition) is 2. The quantitative estimate of drug-likeness (QED) is 0.286. The summed E-state index contributed by atoms with van der Waals surface area (Å²) in [5, 5.41) is 5.45. The van der Waals surface area contributed by atoms with E-state index in [2.05, 4.69) is 10.6 Å². The fourth-order valence-corrected chi connectivity index (χ4v) is 5.25. The third-order valence-electron chi connectivity index (χ3n) is 6.19. The van der Waals surface area contributed by atoms with Gasteiger partial charge in [0, 0.05) is 12.2 Å². The standard InChI is InChI=1S/C29H30N4O6S/c1-4-30-25(34)18-33(40(3,37)38)22-14-12-21(13-15-22)31-27(19-9-7-6-8-10-19)26-23-16-11-20(29(36)39-5-2)17-24(23)32-28(26)35/h6-17,26H,4-5,18H2,1-3H3,(H,30,34)(H,32,35). The maximum absolute atomic E-state index is 13.2. The van der Waals surface area contributed by atoms with Crippen molar-refractivity contribution in [2.75, 3.05) is 35.6 Å². The van der Waals surface area contributed by atoms with Crippen LogP contribution in [0.25, 0.3) is 0 Å². The highest BCUT2D eigenvalue weighted by Gasteiger charge is 2.36. The second kappa shape index (κ2) is 12.1. The molecule has 2 N–H and O–H groups in total. The van der Waals surface area contributed by atoms with Crippen molar-refractivity contribution < 1.29 is 27.5 Å². The number of anilines is 2. The molecule has 208 valence electrons. The lowest BCUT2D eigenvalue weighted by Gasteiger charge is -2.22. The molecule has 2 amide bonds. The number of fused-ring (bicyclic) bond motifs is 1. The summed E-state index contributed by atoms with van der Waals surface area (Å²) in [5.74, 6) is -1.94. The summed E-state index contributed by atoms with van der Waals surface area (Å²) in [5.41, 5.74) is 3.51. The number of nitrogens with one attached hydrogen (secondary N) is 2. The van der Waals surface area contributed by atoms with E-state index in [1.165, 1.54) is 0 Å². The molecule has 40 heavy (non-hydrogen) atoms. The molecule has 0 fully saturated rings. The van der Waals surface area contributed by atoms with E-state index in [1.807, 2.05) is 30.3 Å². The second-order valence-electron chi connectivity index (χ2n) is 9.05. The molecule has 1 aliphatic heterocycles. The molecule has 1 heterocycles. The number of benzene rings is 3. The number of esters is 1. The minimum Gasteiger partial charge on any atom is -0.462 e. The van der Waals surface area contributed by atoms with Crippen molar-refractivity contribution in [3.8, 4) is 0 Å². The van der Waals surface area contributed by atoms with Crippen LogP contribution in [-0.2, 0) is 24.3 Å². The number of sulfonamides is 1. The molecule has 1 aliphatic rings. The smallest absolute Gasteiger partial charge is 0.338 e. The minimum atomic E-state index is -3.73. The minimum absolute atomic E-state index is 0.238. The highest BCUT2D eigenvalue weighted by atomic mass is 32.2. The predicted octanol–water partition coefficient (Wildman–Crippen LogP) is 3.62. The highest BCUT2D eigenvalue weighted by Crippen LogP contribution is 2.37. The van der Waals surface area contributed by atoms with E-state index in [0.29, 0.717) is 40.4 Å². The third-order valence-corrected chi connectivity index (χ3v) is 7.33. The Bertz CT molecular complexity index is 1550. The number of aliphatic imine (C=N–C) groups is 1. The summed E-state index contributed by atoms with van der Waals surface area (Å²) in [6, 6.07) is 20.6. The number of carbonyl (C=O) groups is 3. The van der Waals surface area contributed by atoms with Crippen molar-refractivity contribution in [2.45, 2.75) is 19.8 Å². The van der Waals surface area contributed by atoms with Gasteiger partial charge in [-0.05, 0) is 61.4 Å². The predicted molar refractivity (Wildman–Crippen MR) is 154 cm³/mol. The summed E-state index contributed by atoms with van der Waals surface area (Å²) in [7, 11) is -3.73. The Balaban J connectivity index is 1.72. The molecule has 10 nitrogen and oxygen atoms in total. The van der Waals surface area contributed by atoms with Gasteiger partial charge in [-0.3, -0.25) is 18.9 Å². The van der Waals surface area contributed by atoms with Gasteiger partial charge in [0.15, 0.2) is 0 Å². The first-order valence-corrected chi connectivity index (χ1v) is 14.6. The molecule has 1 atom stereocenters. The van der Waals surface area contributed by atoms with Crippen LogP contribution in [0, 0.1) is 0 Å². The summed E-state index contributed by atoms with van der Waals surface area (Å²) in [6.07, 6.45) is 1.04. The van der Waals surface area contributed by atoms with Crippen LogP contribution in [0.3, 0.4) is 0 Å². The first-order valence-electron chi connectivity index (χ1n) is 12.7. The van der Waals surface area contributed by atoms with Gasteiger partial charge in [-0.2, -0.15) is 0 Å². The van der Waals surface area contributed by atoms with E-state index in [-0.39, 0.29) is 19.1 Å². The normalized spacial score (nSPS) is 14.7. The van der Waals surface area contributed by atoms with Crippen LogP contribution < -0.4 is 14.9 Å². The van der Waals surface area contributed by atoms with E-state index >= 15 is 0 Å². The largest absolute Gasteiger partial charge is 0.462 e. The monoisotopic (exact) mass is 562 g/mol. The van der Waals surface area contributed by atoms with Crippen LogP contribution in [0.5, 0.6) is 0 Å². The SMILES string of the molecule is CCNC(=O)CN(c1ccc(N=C(c2ccccc2)C2C(=O)Nc3cc(C(=O)OCC)ccc32)cc1)S(C)(=O)=O. The summed E-state index contributed by atoms with van der Waals surface area (Å²) < 4.78 is 30.9. The fourth-order valence-electron chi connectivity index (χ4n) is 4.40. The number of hydrogen-bond acceptors (Lipinski definition) is 7. The third kappa shape index (κ3) is 6.37. The summed E-state index contributed by atoms with van der Waals surface area (Å²) >= 11 is 0. The first kappa shape index (κ1) is 28.5. The molecule has 4 rings (SSSR count). The van der Waals surface area contributed by atoms with Crippen LogP contribution in [0.4, 0.5) is 17.1 Å². The molecule has 0 saturated carbocycles. The average Bonchev–Trinajstić information content (AvgIpc) is 3.25. The van der Waals surface area contributed by atoms with Crippen molar-refractivity contribution in [1.29, 1.82) is 0 Å². The van der Waals surface area contributed by atoms with Crippen LogP contribution in [0.15, 0.2) is 77.8 Å². The molecule has 3 aromatic carbocycles.